The molecule has 0 radical (unpaired) electrons. The van der Waals surface area contributed by atoms with Crippen LogP contribution in [0.4, 0.5) is 0 Å². The molecule has 2 unspecified atom stereocenters. The molecule has 1 aromatic carbocycles. The van der Waals surface area contributed by atoms with E-state index in [2.05, 4.69) is 27.7 Å². The van der Waals surface area contributed by atoms with Gasteiger partial charge in [-0.3, -0.25) is 4.21 Å². The first kappa shape index (κ1) is 14.4. The van der Waals surface area contributed by atoms with Crippen LogP contribution >= 0.6 is 0 Å². The summed E-state index contributed by atoms with van der Waals surface area (Å²) in [5.41, 5.74) is 1.24. The molecule has 2 atom stereocenters. The van der Waals surface area contributed by atoms with E-state index in [9.17, 15) is 8.76 Å². The maximum absolute atomic E-state index is 10.8. The fourth-order valence-corrected chi connectivity index (χ4v) is 2.49. The highest BCUT2D eigenvalue weighted by atomic mass is 32.2. The quantitative estimate of drug-likeness (QED) is 0.750. The van der Waals surface area contributed by atoms with E-state index in [1.165, 1.54) is 5.56 Å². The van der Waals surface area contributed by atoms with Gasteiger partial charge in [0, 0.05) is 4.90 Å². The molecule has 0 saturated carbocycles. The van der Waals surface area contributed by atoms with E-state index in [0.29, 0.717) is 22.6 Å². The molecule has 2 nitrogen and oxygen atoms in total. The van der Waals surface area contributed by atoms with Crippen LogP contribution in [0.15, 0.2) is 29.2 Å². The van der Waals surface area contributed by atoms with E-state index in [1.54, 1.807) is 12.1 Å². The molecule has 3 heteroatoms. The van der Waals surface area contributed by atoms with Crippen molar-refractivity contribution in [1.29, 1.82) is 0 Å². The van der Waals surface area contributed by atoms with E-state index in [-0.39, 0.29) is 0 Å². The van der Waals surface area contributed by atoms with Gasteiger partial charge in [-0.15, -0.1) is 0 Å². The Labute approximate surface area is 107 Å². The van der Waals surface area contributed by atoms with Gasteiger partial charge in [-0.1, -0.05) is 39.8 Å². The standard InChI is InChI=1S/C14H22O2S/c1-10(2)9-14(11(3)4)12-5-7-13(8-6-12)17(15)16/h5-8,10-11,14H,9H2,1-4H3,(H,15,16)/p-1. The largest absolute Gasteiger partial charge is 0.768 e. The van der Waals surface area contributed by atoms with Crippen LogP contribution in [0.25, 0.3) is 0 Å². The average molecular weight is 253 g/mol. The summed E-state index contributed by atoms with van der Waals surface area (Å²) in [4.78, 5) is 0.362. The molecule has 0 spiro atoms. The van der Waals surface area contributed by atoms with Gasteiger partial charge in [-0.25, -0.2) is 0 Å². The van der Waals surface area contributed by atoms with Gasteiger partial charge in [0.2, 0.25) is 0 Å². The SMILES string of the molecule is CC(C)CC(c1ccc(S(=O)[O-])cc1)C(C)C. The molecular formula is C14H21O2S-. The highest BCUT2D eigenvalue weighted by Crippen LogP contribution is 2.31. The van der Waals surface area contributed by atoms with Gasteiger partial charge in [0.05, 0.1) is 0 Å². The predicted octanol–water partition coefficient (Wildman–Crippen LogP) is 3.71. The van der Waals surface area contributed by atoms with Gasteiger partial charge >= 0.3 is 0 Å². The van der Waals surface area contributed by atoms with E-state index in [1.807, 2.05) is 12.1 Å². The van der Waals surface area contributed by atoms with Gasteiger partial charge in [-0.05, 0) is 53.0 Å². The summed E-state index contributed by atoms with van der Waals surface area (Å²) in [6, 6.07) is 7.26. The van der Waals surface area contributed by atoms with Gasteiger partial charge in [0.1, 0.15) is 0 Å². The van der Waals surface area contributed by atoms with Crippen molar-refractivity contribution in [2.75, 3.05) is 0 Å². The smallest absolute Gasteiger partial charge is 0.0248 e. The summed E-state index contributed by atoms with van der Waals surface area (Å²) >= 11 is -2.12. The average Bonchev–Trinajstić information content (AvgIpc) is 2.25. The third-order valence-corrected chi connectivity index (χ3v) is 3.69. The minimum absolute atomic E-state index is 0.362. The normalized spacial score (nSPS) is 15.2. The van der Waals surface area contributed by atoms with Crippen molar-refractivity contribution in [2.45, 2.75) is 44.9 Å². The highest BCUT2D eigenvalue weighted by molar-refractivity contribution is 7.79. The van der Waals surface area contributed by atoms with Gasteiger partial charge < -0.3 is 4.55 Å². The Bertz CT molecular complexity index is 368. The Hall–Kier alpha value is -0.670. The number of hydrogen-bond donors (Lipinski definition) is 0. The minimum atomic E-state index is -2.12. The first-order valence-electron chi connectivity index (χ1n) is 6.11. The van der Waals surface area contributed by atoms with E-state index < -0.39 is 11.1 Å². The monoisotopic (exact) mass is 253 g/mol. The Balaban J connectivity index is 2.91. The molecule has 0 bridgehead atoms. The van der Waals surface area contributed by atoms with Crippen LogP contribution in [0.1, 0.15) is 45.6 Å². The number of benzene rings is 1. The van der Waals surface area contributed by atoms with Crippen LogP contribution in [0.2, 0.25) is 0 Å². The first-order chi connectivity index (χ1) is 7.91. The van der Waals surface area contributed by atoms with Crippen LogP contribution in [0.3, 0.4) is 0 Å². The van der Waals surface area contributed by atoms with Crippen molar-refractivity contribution in [3.8, 4) is 0 Å². The maximum atomic E-state index is 10.8. The fourth-order valence-electron chi connectivity index (χ4n) is 2.13. The lowest BCUT2D eigenvalue weighted by Gasteiger charge is -2.23. The van der Waals surface area contributed by atoms with Crippen LogP contribution < -0.4 is 0 Å². The summed E-state index contributed by atoms with van der Waals surface area (Å²) in [7, 11) is 0. The highest BCUT2D eigenvalue weighted by Gasteiger charge is 2.17. The molecule has 0 fully saturated rings. The second-order valence-corrected chi connectivity index (χ2v) is 6.22. The number of rotatable bonds is 5. The zero-order chi connectivity index (χ0) is 13.0. The van der Waals surface area contributed by atoms with Crippen LogP contribution in [-0.2, 0) is 11.1 Å². The van der Waals surface area contributed by atoms with Gasteiger partial charge in [0.15, 0.2) is 0 Å². The molecular weight excluding hydrogens is 232 g/mol. The molecule has 17 heavy (non-hydrogen) atoms. The van der Waals surface area contributed by atoms with Crippen LogP contribution in [-0.4, -0.2) is 8.76 Å². The lowest BCUT2D eigenvalue weighted by molar-refractivity contribution is 0.407. The molecule has 0 N–H and O–H groups in total. The molecule has 0 aliphatic carbocycles. The summed E-state index contributed by atoms with van der Waals surface area (Å²) in [5.74, 6) is 1.72. The summed E-state index contributed by atoms with van der Waals surface area (Å²) in [5, 5.41) is 0. The molecule has 0 aliphatic rings. The van der Waals surface area contributed by atoms with Crippen molar-refractivity contribution in [1.82, 2.24) is 0 Å². The third-order valence-electron chi connectivity index (χ3n) is 3.03. The minimum Gasteiger partial charge on any atom is -0.768 e. The zero-order valence-corrected chi connectivity index (χ0v) is 11.8. The van der Waals surface area contributed by atoms with Crippen LogP contribution in [0.5, 0.6) is 0 Å². The van der Waals surface area contributed by atoms with Gasteiger partial charge in [-0.2, -0.15) is 0 Å². The second kappa shape index (κ2) is 6.31. The second-order valence-electron chi connectivity index (χ2n) is 5.28. The fraction of sp³-hybridized carbons (Fsp3) is 0.571. The molecule has 0 amide bonds. The molecule has 1 aromatic rings. The molecule has 96 valence electrons. The van der Waals surface area contributed by atoms with Crippen molar-refractivity contribution in [2.24, 2.45) is 11.8 Å². The Morgan fingerprint density at radius 3 is 2.00 bits per heavy atom. The Kier molecular flexibility index (Phi) is 5.34. The summed E-state index contributed by atoms with van der Waals surface area (Å²) in [6.45, 7) is 8.87. The first-order valence-corrected chi connectivity index (χ1v) is 7.18. The van der Waals surface area contributed by atoms with Crippen molar-refractivity contribution >= 4 is 11.1 Å². The lowest BCUT2D eigenvalue weighted by atomic mass is 9.82. The van der Waals surface area contributed by atoms with Crippen molar-refractivity contribution in [3.63, 3.8) is 0 Å². The third kappa shape index (κ3) is 4.25. The van der Waals surface area contributed by atoms with Crippen LogP contribution in [0, 0.1) is 11.8 Å². The van der Waals surface area contributed by atoms with Crippen molar-refractivity contribution < 1.29 is 8.76 Å². The molecule has 0 saturated heterocycles. The summed E-state index contributed by atoms with van der Waals surface area (Å²) < 4.78 is 21.6. The van der Waals surface area contributed by atoms with E-state index >= 15 is 0 Å². The molecule has 0 aromatic heterocycles. The van der Waals surface area contributed by atoms with Gasteiger partial charge in [0.25, 0.3) is 0 Å². The summed E-state index contributed by atoms with van der Waals surface area (Å²) in [6.07, 6.45) is 1.14. The zero-order valence-electron chi connectivity index (χ0n) is 11.0. The van der Waals surface area contributed by atoms with Crippen molar-refractivity contribution in [3.05, 3.63) is 29.8 Å². The predicted molar refractivity (Wildman–Crippen MR) is 70.7 cm³/mol. The molecule has 1 rings (SSSR count). The Morgan fingerprint density at radius 1 is 1.12 bits per heavy atom. The topological polar surface area (TPSA) is 40.1 Å². The Morgan fingerprint density at radius 2 is 1.65 bits per heavy atom. The van der Waals surface area contributed by atoms with E-state index in [0.717, 1.165) is 6.42 Å². The lowest BCUT2D eigenvalue weighted by Crippen LogP contribution is -2.10. The molecule has 0 heterocycles. The molecule has 0 aliphatic heterocycles. The number of hydrogen-bond acceptors (Lipinski definition) is 2. The maximum Gasteiger partial charge on any atom is 0.0248 e. The van der Waals surface area contributed by atoms with E-state index in [4.69, 9.17) is 0 Å².